The molecule has 126 valence electrons. The van der Waals surface area contributed by atoms with Crippen molar-refractivity contribution < 1.29 is 19.0 Å². The minimum atomic E-state index is -0.686. The Morgan fingerprint density at radius 3 is 2.87 bits per heavy atom. The number of aliphatic hydroxyl groups is 1. The quantitative estimate of drug-likeness (QED) is 0.857. The molecule has 1 atom stereocenters. The molecule has 0 saturated carbocycles. The van der Waals surface area contributed by atoms with E-state index >= 15 is 0 Å². The molecule has 0 aliphatic carbocycles. The zero-order valence-corrected chi connectivity index (χ0v) is 13.8. The van der Waals surface area contributed by atoms with Gasteiger partial charge in [-0.15, -0.1) is 0 Å². The first-order chi connectivity index (χ1) is 11.1. The molecule has 0 bridgehead atoms. The number of benzene rings is 1. The first-order valence-corrected chi connectivity index (χ1v) is 8.30. The Morgan fingerprint density at radius 2 is 2.13 bits per heavy atom. The first-order valence-electron chi connectivity index (χ1n) is 8.30. The van der Waals surface area contributed by atoms with Crippen molar-refractivity contribution in [3.63, 3.8) is 0 Å². The smallest absolute Gasteiger partial charge is 0.176 e. The lowest BCUT2D eigenvalue weighted by Crippen LogP contribution is -2.45. The van der Waals surface area contributed by atoms with Crippen LogP contribution in [0.25, 0.3) is 11.0 Å². The van der Waals surface area contributed by atoms with E-state index in [1.165, 1.54) is 0 Å². The fraction of sp³-hybridized carbons (Fsp3) is 0.556. The summed E-state index contributed by atoms with van der Waals surface area (Å²) in [4.78, 5) is 0. The number of hydrogen-bond acceptors (Lipinski definition) is 5. The standard InChI is InChI=1S/C18H25NO4/c1-3-22-15-6-4-5-14-11-16(23-17(14)15)13(2)19-12-18(20)7-9-21-10-8-18/h4-6,11,13,19-20H,3,7-10,12H2,1-2H3. The zero-order valence-electron chi connectivity index (χ0n) is 13.8. The molecule has 5 nitrogen and oxygen atoms in total. The molecule has 0 amide bonds. The molecular weight excluding hydrogens is 294 g/mol. The molecule has 0 radical (unpaired) electrons. The van der Waals surface area contributed by atoms with Crippen molar-refractivity contribution in [1.29, 1.82) is 0 Å². The number of rotatable bonds is 6. The summed E-state index contributed by atoms with van der Waals surface area (Å²) in [6, 6.07) is 7.95. The third-order valence-electron chi connectivity index (χ3n) is 4.41. The lowest BCUT2D eigenvalue weighted by atomic mass is 9.94. The average molecular weight is 319 g/mol. The van der Waals surface area contributed by atoms with E-state index in [-0.39, 0.29) is 6.04 Å². The Kier molecular flexibility index (Phi) is 4.90. The lowest BCUT2D eigenvalue weighted by Gasteiger charge is -2.33. The molecule has 1 aliphatic heterocycles. The highest BCUT2D eigenvalue weighted by Crippen LogP contribution is 2.31. The molecule has 5 heteroatoms. The second kappa shape index (κ2) is 6.91. The second-order valence-electron chi connectivity index (χ2n) is 6.20. The molecule has 1 aliphatic rings. The third kappa shape index (κ3) is 3.68. The van der Waals surface area contributed by atoms with Crippen LogP contribution in [0, 0.1) is 0 Å². The van der Waals surface area contributed by atoms with Crippen molar-refractivity contribution in [1.82, 2.24) is 5.32 Å². The molecule has 2 aromatic rings. The summed E-state index contributed by atoms with van der Waals surface area (Å²) in [7, 11) is 0. The largest absolute Gasteiger partial charge is 0.490 e. The SMILES string of the molecule is CCOc1cccc2cc(C(C)NCC3(O)CCOCC3)oc12. The van der Waals surface area contributed by atoms with Gasteiger partial charge in [-0.1, -0.05) is 12.1 Å². The lowest BCUT2D eigenvalue weighted by molar-refractivity contribution is -0.0628. The predicted molar refractivity (Wildman–Crippen MR) is 88.8 cm³/mol. The van der Waals surface area contributed by atoms with Crippen molar-refractivity contribution >= 4 is 11.0 Å². The van der Waals surface area contributed by atoms with E-state index < -0.39 is 5.60 Å². The number of nitrogens with one attached hydrogen (secondary N) is 1. The van der Waals surface area contributed by atoms with Crippen molar-refractivity contribution in [3.05, 3.63) is 30.0 Å². The van der Waals surface area contributed by atoms with Gasteiger partial charge >= 0.3 is 0 Å². The van der Waals surface area contributed by atoms with Gasteiger partial charge in [-0.25, -0.2) is 0 Å². The summed E-state index contributed by atoms with van der Waals surface area (Å²) in [6.45, 7) is 6.39. The Balaban J connectivity index is 1.70. The Hall–Kier alpha value is -1.56. The van der Waals surface area contributed by atoms with Crippen LogP contribution in [-0.4, -0.2) is 37.1 Å². The summed E-state index contributed by atoms with van der Waals surface area (Å²) in [6.07, 6.45) is 1.34. The predicted octanol–water partition coefficient (Wildman–Crippen LogP) is 3.02. The van der Waals surface area contributed by atoms with Gasteiger partial charge in [0.2, 0.25) is 0 Å². The number of furan rings is 1. The summed E-state index contributed by atoms with van der Waals surface area (Å²) in [5, 5.41) is 14.9. The number of hydrogen-bond donors (Lipinski definition) is 2. The highest BCUT2D eigenvalue weighted by atomic mass is 16.5. The Morgan fingerprint density at radius 1 is 1.35 bits per heavy atom. The van der Waals surface area contributed by atoms with Crippen molar-refractivity contribution in [2.24, 2.45) is 0 Å². The molecule has 1 aromatic carbocycles. The van der Waals surface area contributed by atoms with Gasteiger partial charge in [0, 0.05) is 38.0 Å². The van der Waals surface area contributed by atoms with Crippen LogP contribution in [0.4, 0.5) is 0 Å². The highest BCUT2D eigenvalue weighted by molar-refractivity contribution is 5.83. The van der Waals surface area contributed by atoms with Crippen LogP contribution in [-0.2, 0) is 4.74 Å². The van der Waals surface area contributed by atoms with Gasteiger partial charge in [0.05, 0.1) is 18.2 Å². The summed E-state index contributed by atoms with van der Waals surface area (Å²) < 4.78 is 16.9. The number of ether oxygens (including phenoxy) is 2. The molecule has 1 aromatic heterocycles. The van der Waals surface area contributed by atoms with Crippen LogP contribution in [0.2, 0.25) is 0 Å². The van der Waals surface area contributed by atoms with Crippen LogP contribution in [0.5, 0.6) is 5.75 Å². The van der Waals surface area contributed by atoms with E-state index in [4.69, 9.17) is 13.9 Å². The van der Waals surface area contributed by atoms with Gasteiger partial charge < -0.3 is 24.3 Å². The van der Waals surface area contributed by atoms with Crippen molar-refractivity contribution in [2.75, 3.05) is 26.4 Å². The maximum Gasteiger partial charge on any atom is 0.176 e. The van der Waals surface area contributed by atoms with Crippen LogP contribution >= 0.6 is 0 Å². The normalized spacial score (nSPS) is 18.9. The second-order valence-corrected chi connectivity index (χ2v) is 6.20. The summed E-state index contributed by atoms with van der Waals surface area (Å²) in [5.74, 6) is 1.62. The number of para-hydroxylation sites is 1. The molecule has 2 N–H and O–H groups in total. The average Bonchev–Trinajstić information content (AvgIpc) is 2.99. The molecule has 0 spiro atoms. The monoisotopic (exact) mass is 319 g/mol. The van der Waals surface area contributed by atoms with E-state index in [2.05, 4.69) is 5.32 Å². The molecular formula is C18H25NO4. The van der Waals surface area contributed by atoms with E-state index in [9.17, 15) is 5.11 Å². The summed E-state index contributed by atoms with van der Waals surface area (Å²) in [5.41, 5.74) is 0.0948. The van der Waals surface area contributed by atoms with E-state index in [0.717, 1.165) is 22.5 Å². The minimum absolute atomic E-state index is 0.0174. The van der Waals surface area contributed by atoms with Crippen LogP contribution < -0.4 is 10.1 Å². The fourth-order valence-electron chi connectivity index (χ4n) is 2.91. The van der Waals surface area contributed by atoms with E-state index in [1.54, 1.807) is 0 Å². The van der Waals surface area contributed by atoms with Crippen molar-refractivity contribution in [3.8, 4) is 5.75 Å². The van der Waals surface area contributed by atoms with Gasteiger partial charge in [-0.2, -0.15) is 0 Å². The van der Waals surface area contributed by atoms with Crippen molar-refractivity contribution in [2.45, 2.75) is 38.3 Å². The highest BCUT2D eigenvalue weighted by Gasteiger charge is 2.30. The molecule has 2 heterocycles. The fourth-order valence-corrected chi connectivity index (χ4v) is 2.91. The van der Waals surface area contributed by atoms with Crippen LogP contribution in [0.15, 0.2) is 28.7 Å². The molecule has 3 rings (SSSR count). The molecule has 1 unspecified atom stereocenters. The third-order valence-corrected chi connectivity index (χ3v) is 4.41. The van der Waals surface area contributed by atoms with Gasteiger partial charge in [0.15, 0.2) is 11.3 Å². The van der Waals surface area contributed by atoms with Gasteiger partial charge in [-0.05, 0) is 26.0 Å². The van der Waals surface area contributed by atoms with Gasteiger partial charge in [-0.3, -0.25) is 0 Å². The zero-order chi connectivity index (χ0) is 16.3. The van der Waals surface area contributed by atoms with Gasteiger partial charge in [0.25, 0.3) is 0 Å². The Labute approximate surface area is 136 Å². The minimum Gasteiger partial charge on any atom is -0.490 e. The molecule has 23 heavy (non-hydrogen) atoms. The maximum atomic E-state index is 10.5. The maximum absolute atomic E-state index is 10.5. The van der Waals surface area contributed by atoms with Gasteiger partial charge in [0.1, 0.15) is 5.76 Å². The number of fused-ring (bicyclic) bond motifs is 1. The van der Waals surface area contributed by atoms with Crippen LogP contribution in [0.3, 0.4) is 0 Å². The van der Waals surface area contributed by atoms with E-state index in [1.807, 2.05) is 38.1 Å². The van der Waals surface area contributed by atoms with E-state index in [0.29, 0.717) is 39.2 Å². The molecule has 1 fully saturated rings. The topological polar surface area (TPSA) is 63.9 Å². The summed E-state index contributed by atoms with van der Waals surface area (Å²) >= 11 is 0. The Bertz CT molecular complexity index is 646. The first kappa shape index (κ1) is 16.3. The molecule has 1 saturated heterocycles. The van der Waals surface area contributed by atoms with Crippen LogP contribution in [0.1, 0.15) is 38.5 Å².